The van der Waals surface area contributed by atoms with Crippen LogP contribution in [0.4, 0.5) is 0 Å². The zero-order valence-corrected chi connectivity index (χ0v) is 20.3. The fourth-order valence-corrected chi connectivity index (χ4v) is 3.96. The van der Waals surface area contributed by atoms with Crippen molar-refractivity contribution in [2.75, 3.05) is 33.0 Å². The van der Waals surface area contributed by atoms with E-state index in [1.165, 1.54) is 16.9 Å². The van der Waals surface area contributed by atoms with Gasteiger partial charge in [-0.2, -0.15) is 0 Å². The number of hydrogen-bond donors (Lipinski definition) is 1. The molecule has 0 bridgehead atoms. The average Bonchev–Trinajstić information content (AvgIpc) is 3.19. The molecule has 0 spiro atoms. The molecule has 2 amide bonds. The van der Waals surface area contributed by atoms with Gasteiger partial charge in [-0.25, -0.2) is 4.79 Å². The van der Waals surface area contributed by atoms with Crippen molar-refractivity contribution in [3.8, 4) is 5.75 Å². The van der Waals surface area contributed by atoms with Crippen LogP contribution in [0.2, 0.25) is 0 Å². The summed E-state index contributed by atoms with van der Waals surface area (Å²) in [4.78, 5) is 35.2. The maximum atomic E-state index is 11.8. The van der Waals surface area contributed by atoms with Gasteiger partial charge in [0.1, 0.15) is 11.8 Å². The maximum Gasteiger partial charge on any atom is 0.328 e. The Morgan fingerprint density at radius 1 is 1.21 bits per heavy atom. The van der Waals surface area contributed by atoms with Gasteiger partial charge in [-0.1, -0.05) is 32.4 Å². The predicted octanol–water partition coefficient (Wildman–Crippen LogP) is 2.83. The fraction of sp³-hybridized carbons (Fsp3) is 0.640. The third-order valence-electron chi connectivity index (χ3n) is 6.01. The van der Waals surface area contributed by atoms with Crippen molar-refractivity contribution in [3.63, 3.8) is 0 Å². The number of rotatable bonds is 10. The lowest BCUT2D eigenvalue weighted by atomic mass is 9.81. The molecule has 1 aromatic rings. The van der Waals surface area contributed by atoms with Crippen LogP contribution in [-0.2, 0) is 29.3 Å². The van der Waals surface area contributed by atoms with E-state index < -0.39 is 6.04 Å². The SMILES string of the molecule is CCCCOc1ccc(C2(C)COC2)cc1.CCOC(=O)C1CCC(C)N1C(=O)CNC=O. The first-order chi connectivity index (χ1) is 15.9. The number of nitrogens with zero attached hydrogens (tertiary/aromatic N) is 1. The molecule has 184 valence electrons. The molecule has 33 heavy (non-hydrogen) atoms. The quantitative estimate of drug-likeness (QED) is 0.326. The molecule has 8 nitrogen and oxygen atoms in total. The minimum atomic E-state index is -0.508. The molecule has 3 rings (SSSR count). The summed E-state index contributed by atoms with van der Waals surface area (Å²) in [6.45, 7) is 10.7. The summed E-state index contributed by atoms with van der Waals surface area (Å²) in [5.74, 6) is 0.359. The molecule has 2 saturated heterocycles. The lowest BCUT2D eigenvalue weighted by Crippen LogP contribution is -2.47. The summed E-state index contributed by atoms with van der Waals surface area (Å²) in [6, 6.07) is 7.94. The number of likely N-dealkylation sites (tertiary alicyclic amines) is 1. The summed E-state index contributed by atoms with van der Waals surface area (Å²) in [5, 5.41) is 2.31. The van der Waals surface area contributed by atoms with Gasteiger partial charge in [0.25, 0.3) is 0 Å². The van der Waals surface area contributed by atoms with Crippen LogP contribution >= 0.6 is 0 Å². The highest BCUT2D eigenvalue weighted by atomic mass is 16.5. The minimum absolute atomic E-state index is 0.00496. The molecule has 1 aromatic carbocycles. The zero-order valence-electron chi connectivity index (χ0n) is 20.3. The van der Waals surface area contributed by atoms with Crippen molar-refractivity contribution >= 4 is 18.3 Å². The van der Waals surface area contributed by atoms with Crippen molar-refractivity contribution in [1.82, 2.24) is 10.2 Å². The number of amides is 2. The summed E-state index contributed by atoms with van der Waals surface area (Å²) >= 11 is 0. The predicted molar refractivity (Wildman–Crippen MR) is 125 cm³/mol. The smallest absolute Gasteiger partial charge is 0.328 e. The van der Waals surface area contributed by atoms with E-state index in [2.05, 4.69) is 43.4 Å². The van der Waals surface area contributed by atoms with E-state index in [9.17, 15) is 14.4 Å². The van der Waals surface area contributed by atoms with E-state index in [0.29, 0.717) is 19.4 Å². The van der Waals surface area contributed by atoms with Crippen LogP contribution in [0.25, 0.3) is 0 Å². The van der Waals surface area contributed by atoms with Gasteiger partial charge in [0.15, 0.2) is 0 Å². The molecular formula is C25H38N2O6. The minimum Gasteiger partial charge on any atom is -0.494 e. The van der Waals surface area contributed by atoms with Gasteiger partial charge in [-0.05, 0) is 50.8 Å². The molecule has 2 unspecified atom stereocenters. The van der Waals surface area contributed by atoms with E-state index in [4.69, 9.17) is 14.2 Å². The average molecular weight is 463 g/mol. The van der Waals surface area contributed by atoms with Crippen molar-refractivity contribution in [1.29, 1.82) is 0 Å². The zero-order chi connectivity index (χ0) is 24.3. The highest BCUT2D eigenvalue weighted by molar-refractivity contribution is 5.87. The third-order valence-corrected chi connectivity index (χ3v) is 6.01. The van der Waals surface area contributed by atoms with Gasteiger partial charge in [0.05, 0.1) is 33.0 Å². The van der Waals surface area contributed by atoms with Crippen LogP contribution in [0.5, 0.6) is 5.75 Å². The molecule has 2 atom stereocenters. The highest BCUT2D eigenvalue weighted by Crippen LogP contribution is 2.32. The van der Waals surface area contributed by atoms with Crippen molar-refractivity contribution in [2.24, 2.45) is 0 Å². The first-order valence-corrected chi connectivity index (χ1v) is 11.8. The summed E-state index contributed by atoms with van der Waals surface area (Å²) in [5.41, 5.74) is 1.57. The lowest BCUT2D eigenvalue weighted by Gasteiger charge is -2.38. The standard InChI is InChI=1S/C14H20O2.C11H18N2O4/c1-3-4-9-16-13-7-5-12(6-8-13)14(2)10-15-11-14;1-3-17-11(16)9-5-4-8(2)13(9)10(15)6-12-7-14/h5-8H,3-4,9-11H2,1-2H3;7-9H,3-6H2,1-2H3,(H,12,14). The Kier molecular flexibility index (Phi) is 10.6. The van der Waals surface area contributed by atoms with Crippen LogP contribution in [0.15, 0.2) is 24.3 Å². The van der Waals surface area contributed by atoms with Crippen molar-refractivity contribution < 1.29 is 28.6 Å². The van der Waals surface area contributed by atoms with E-state index >= 15 is 0 Å². The molecular weight excluding hydrogens is 424 g/mol. The summed E-state index contributed by atoms with van der Waals surface area (Å²) in [7, 11) is 0. The maximum absolute atomic E-state index is 11.8. The van der Waals surface area contributed by atoms with E-state index in [0.717, 1.165) is 38.4 Å². The number of nitrogens with one attached hydrogen (secondary N) is 1. The lowest BCUT2D eigenvalue weighted by molar-refractivity contribution is -0.153. The van der Waals surface area contributed by atoms with Crippen LogP contribution < -0.4 is 10.1 Å². The molecule has 8 heteroatoms. The molecule has 0 saturated carbocycles. The molecule has 2 fully saturated rings. The number of esters is 1. The van der Waals surface area contributed by atoms with E-state index in [-0.39, 0.29) is 29.9 Å². The fourth-order valence-electron chi connectivity index (χ4n) is 3.96. The van der Waals surface area contributed by atoms with Crippen LogP contribution in [-0.4, -0.2) is 68.2 Å². The molecule has 2 heterocycles. The third kappa shape index (κ3) is 7.45. The summed E-state index contributed by atoms with van der Waals surface area (Å²) < 4.78 is 15.8. The number of benzene rings is 1. The molecule has 0 radical (unpaired) electrons. The molecule has 2 aliphatic heterocycles. The van der Waals surface area contributed by atoms with E-state index in [1.54, 1.807) is 6.92 Å². The second kappa shape index (κ2) is 13.2. The first kappa shape index (κ1) is 26.6. The van der Waals surface area contributed by atoms with Gasteiger partial charge >= 0.3 is 5.97 Å². The Labute approximate surface area is 196 Å². The topological polar surface area (TPSA) is 94.2 Å². The Hall–Kier alpha value is -2.61. The monoisotopic (exact) mass is 462 g/mol. The Bertz CT molecular complexity index is 763. The normalized spacial score (nSPS) is 20.7. The van der Waals surface area contributed by atoms with E-state index in [1.807, 2.05) is 6.92 Å². The largest absolute Gasteiger partial charge is 0.494 e. The molecule has 0 aliphatic carbocycles. The van der Waals surface area contributed by atoms with Crippen LogP contribution in [0, 0.1) is 0 Å². The van der Waals surface area contributed by atoms with Gasteiger partial charge in [-0.15, -0.1) is 0 Å². The second-order valence-electron chi connectivity index (χ2n) is 8.77. The van der Waals surface area contributed by atoms with Gasteiger partial charge in [-0.3, -0.25) is 9.59 Å². The van der Waals surface area contributed by atoms with Gasteiger partial charge < -0.3 is 24.4 Å². The Balaban J connectivity index is 0.000000234. The molecule has 1 N–H and O–H groups in total. The first-order valence-electron chi connectivity index (χ1n) is 11.8. The van der Waals surface area contributed by atoms with Crippen LogP contribution in [0.3, 0.4) is 0 Å². The Morgan fingerprint density at radius 3 is 2.45 bits per heavy atom. The number of carbonyl (C=O) groups is 3. The number of unbranched alkanes of at least 4 members (excludes halogenated alkanes) is 1. The Morgan fingerprint density at radius 2 is 1.91 bits per heavy atom. The number of ether oxygens (including phenoxy) is 3. The van der Waals surface area contributed by atoms with Gasteiger partial charge in [0, 0.05) is 11.5 Å². The number of hydrogen-bond acceptors (Lipinski definition) is 6. The van der Waals surface area contributed by atoms with Crippen LogP contribution in [0.1, 0.15) is 58.9 Å². The molecule has 0 aromatic heterocycles. The second-order valence-corrected chi connectivity index (χ2v) is 8.77. The van der Waals surface area contributed by atoms with Gasteiger partial charge in [0.2, 0.25) is 12.3 Å². The molecule has 2 aliphatic rings. The summed E-state index contributed by atoms with van der Waals surface area (Å²) in [6.07, 6.45) is 4.15. The van der Waals surface area contributed by atoms with Crippen molar-refractivity contribution in [2.45, 2.75) is 70.9 Å². The number of carbonyl (C=O) groups excluding carboxylic acids is 3. The van der Waals surface area contributed by atoms with Crippen molar-refractivity contribution in [3.05, 3.63) is 29.8 Å². The highest BCUT2D eigenvalue weighted by Gasteiger charge is 2.39.